The van der Waals surface area contributed by atoms with E-state index in [9.17, 15) is 9.59 Å². The van der Waals surface area contributed by atoms with Gasteiger partial charge in [-0.3, -0.25) is 14.7 Å². The third-order valence-corrected chi connectivity index (χ3v) is 4.74. The van der Waals surface area contributed by atoms with Gasteiger partial charge in [0.2, 0.25) is 0 Å². The summed E-state index contributed by atoms with van der Waals surface area (Å²) in [4.78, 5) is 35.8. The maximum absolute atomic E-state index is 13.3. The first-order valence-corrected chi connectivity index (χ1v) is 9.42. The number of ether oxygens (including phenoxy) is 1. The molecule has 1 N–H and O–H groups in total. The number of fused-ring (bicyclic) bond motifs is 1. The van der Waals surface area contributed by atoms with Crippen LogP contribution >= 0.6 is 0 Å². The Morgan fingerprint density at radius 1 is 1.07 bits per heavy atom. The van der Waals surface area contributed by atoms with Gasteiger partial charge in [0, 0.05) is 23.0 Å². The number of hydrogen-bond donors (Lipinski definition) is 1. The molecule has 0 saturated heterocycles. The van der Waals surface area contributed by atoms with Gasteiger partial charge in [-0.15, -0.1) is 0 Å². The Morgan fingerprint density at radius 2 is 1.77 bits per heavy atom. The minimum absolute atomic E-state index is 0.149. The number of methoxy groups -OCH3 is 1. The first-order valence-electron chi connectivity index (χ1n) is 9.42. The summed E-state index contributed by atoms with van der Waals surface area (Å²) < 4.78 is 6.45. The van der Waals surface area contributed by atoms with E-state index in [1.807, 2.05) is 31.2 Å². The van der Waals surface area contributed by atoms with Crippen LogP contribution in [0.1, 0.15) is 27.4 Å². The molecule has 152 valence electrons. The standard InChI is InChI=1S/C22H21N5O3/c1-14-4-8-17(9-5-14)26(21(29)16-6-10-18(30-3)11-7-16)13-19-24-22-23-15(2)12-20(28)27(22)25-19/h4-12H,13H2,1-3H3,(H,23,24,25). The predicted octanol–water partition coefficient (Wildman–Crippen LogP) is 2.89. The fourth-order valence-corrected chi connectivity index (χ4v) is 3.15. The first-order chi connectivity index (χ1) is 14.4. The second kappa shape index (κ2) is 7.82. The van der Waals surface area contributed by atoms with Crippen molar-refractivity contribution in [3.8, 4) is 5.75 Å². The van der Waals surface area contributed by atoms with Crippen LogP contribution in [0, 0.1) is 13.8 Å². The minimum Gasteiger partial charge on any atom is -0.497 e. The highest BCUT2D eigenvalue weighted by atomic mass is 16.5. The van der Waals surface area contributed by atoms with Gasteiger partial charge in [0.1, 0.15) is 11.6 Å². The van der Waals surface area contributed by atoms with Gasteiger partial charge in [-0.05, 0) is 50.2 Å². The summed E-state index contributed by atoms with van der Waals surface area (Å²) in [6.45, 7) is 3.87. The van der Waals surface area contributed by atoms with Gasteiger partial charge in [0.15, 0.2) is 0 Å². The van der Waals surface area contributed by atoms with Crippen LogP contribution in [-0.2, 0) is 6.54 Å². The lowest BCUT2D eigenvalue weighted by atomic mass is 10.1. The van der Waals surface area contributed by atoms with E-state index in [0.29, 0.717) is 22.8 Å². The molecule has 0 aliphatic heterocycles. The molecule has 4 aromatic rings. The molecule has 0 bridgehead atoms. The topological polar surface area (TPSA) is 92.6 Å². The van der Waals surface area contributed by atoms with E-state index in [-0.39, 0.29) is 23.8 Å². The monoisotopic (exact) mass is 403 g/mol. The highest BCUT2D eigenvalue weighted by molar-refractivity contribution is 6.06. The molecule has 8 heteroatoms. The number of nitrogens with one attached hydrogen (secondary N) is 1. The van der Waals surface area contributed by atoms with Crippen LogP contribution in [0.15, 0.2) is 59.4 Å². The molecule has 0 unspecified atom stereocenters. The first kappa shape index (κ1) is 19.4. The summed E-state index contributed by atoms with van der Waals surface area (Å²) in [5.74, 6) is 1.20. The molecule has 2 aromatic heterocycles. The molecule has 0 radical (unpaired) electrons. The molecule has 0 saturated carbocycles. The molecule has 2 aromatic carbocycles. The Kier molecular flexibility index (Phi) is 5.05. The molecule has 0 fully saturated rings. The molecular weight excluding hydrogens is 382 g/mol. The van der Waals surface area contributed by atoms with E-state index in [2.05, 4.69) is 15.1 Å². The zero-order valence-electron chi connectivity index (χ0n) is 16.9. The van der Waals surface area contributed by atoms with Crippen molar-refractivity contribution in [2.75, 3.05) is 12.0 Å². The number of aromatic amines is 1. The van der Waals surface area contributed by atoms with Crippen LogP contribution in [-0.4, -0.2) is 32.6 Å². The van der Waals surface area contributed by atoms with Gasteiger partial charge in [-0.2, -0.15) is 9.50 Å². The third kappa shape index (κ3) is 3.80. The van der Waals surface area contributed by atoms with Crippen molar-refractivity contribution in [1.29, 1.82) is 0 Å². The summed E-state index contributed by atoms with van der Waals surface area (Å²) in [6.07, 6.45) is 0. The molecule has 0 aliphatic carbocycles. The number of aryl methyl sites for hydroxylation is 2. The van der Waals surface area contributed by atoms with Crippen LogP contribution in [0.3, 0.4) is 0 Å². The number of H-pyrrole nitrogens is 1. The normalized spacial score (nSPS) is 10.9. The molecule has 0 spiro atoms. The van der Waals surface area contributed by atoms with Crippen LogP contribution in [0.5, 0.6) is 5.75 Å². The van der Waals surface area contributed by atoms with Gasteiger partial charge < -0.3 is 9.64 Å². The number of hydrogen-bond acceptors (Lipinski definition) is 5. The van der Waals surface area contributed by atoms with E-state index in [0.717, 1.165) is 11.3 Å². The fourth-order valence-electron chi connectivity index (χ4n) is 3.15. The van der Waals surface area contributed by atoms with Gasteiger partial charge in [0.25, 0.3) is 17.2 Å². The lowest BCUT2D eigenvalue weighted by Crippen LogP contribution is -2.31. The number of amides is 1. The van der Waals surface area contributed by atoms with Crippen molar-refractivity contribution >= 4 is 17.4 Å². The average molecular weight is 403 g/mol. The van der Waals surface area contributed by atoms with Crippen LogP contribution in [0.25, 0.3) is 5.78 Å². The highest BCUT2D eigenvalue weighted by Gasteiger charge is 2.20. The number of aromatic nitrogens is 4. The Bertz CT molecular complexity index is 1260. The number of rotatable bonds is 5. The predicted molar refractivity (Wildman–Crippen MR) is 113 cm³/mol. The Morgan fingerprint density at radius 3 is 2.43 bits per heavy atom. The molecule has 30 heavy (non-hydrogen) atoms. The van der Waals surface area contributed by atoms with Crippen molar-refractivity contribution in [2.24, 2.45) is 0 Å². The quantitative estimate of drug-likeness (QED) is 0.553. The van der Waals surface area contributed by atoms with Gasteiger partial charge in [0.05, 0.1) is 13.7 Å². The summed E-state index contributed by atoms with van der Waals surface area (Å²) in [5.41, 5.74) is 2.66. The molecule has 1 amide bonds. The van der Waals surface area contributed by atoms with E-state index in [1.54, 1.807) is 43.2 Å². The van der Waals surface area contributed by atoms with Crippen molar-refractivity contribution in [3.05, 3.63) is 87.6 Å². The zero-order chi connectivity index (χ0) is 21.3. The van der Waals surface area contributed by atoms with Crippen molar-refractivity contribution in [3.63, 3.8) is 0 Å². The Hall–Kier alpha value is -3.94. The molecular formula is C22H21N5O3. The number of anilines is 1. The zero-order valence-corrected chi connectivity index (χ0v) is 16.9. The number of benzene rings is 2. The van der Waals surface area contributed by atoms with E-state index in [1.165, 1.54) is 10.6 Å². The number of carbonyl (C=O) groups excluding carboxylic acids is 1. The number of nitrogens with zero attached hydrogens (tertiary/aromatic N) is 4. The number of carbonyl (C=O) groups is 1. The Labute approximate surface area is 172 Å². The summed E-state index contributed by atoms with van der Waals surface area (Å²) in [7, 11) is 1.58. The highest BCUT2D eigenvalue weighted by Crippen LogP contribution is 2.21. The van der Waals surface area contributed by atoms with Gasteiger partial charge in [-0.1, -0.05) is 17.7 Å². The maximum Gasteiger partial charge on any atom is 0.274 e. The molecule has 4 rings (SSSR count). The summed E-state index contributed by atoms with van der Waals surface area (Å²) >= 11 is 0. The third-order valence-electron chi connectivity index (χ3n) is 4.74. The molecule has 2 heterocycles. The maximum atomic E-state index is 13.3. The second-order valence-corrected chi connectivity index (χ2v) is 7.00. The smallest absolute Gasteiger partial charge is 0.274 e. The lowest BCUT2D eigenvalue weighted by Gasteiger charge is -2.22. The van der Waals surface area contributed by atoms with E-state index < -0.39 is 0 Å². The van der Waals surface area contributed by atoms with Crippen LogP contribution in [0.2, 0.25) is 0 Å². The fraction of sp³-hybridized carbons (Fsp3) is 0.182. The molecule has 8 nitrogen and oxygen atoms in total. The average Bonchev–Trinajstić information content (AvgIpc) is 3.15. The molecule has 0 atom stereocenters. The summed E-state index contributed by atoms with van der Waals surface area (Å²) in [5, 5.41) is 2.94. The minimum atomic E-state index is -0.250. The van der Waals surface area contributed by atoms with Gasteiger partial charge in [-0.25, -0.2) is 4.98 Å². The second-order valence-electron chi connectivity index (χ2n) is 7.00. The van der Waals surface area contributed by atoms with Crippen LogP contribution in [0.4, 0.5) is 5.69 Å². The van der Waals surface area contributed by atoms with Crippen molar-refractivity contribution in [2.45, 2.75) is 20.4 Å². The van der Waals surface area contributed by atoms with E-state index >= 15 is 0 Å². The van der Waals surface area contributed by atoms with E-state index in [4.69, 9.17) is 4.74 Å². The van der Waals surface area contributed by atoms with Crippen LogP contribution < -0.4 is 15.2 Å². The largest absolute Gasteiger partial charge is 0.497 e. The van der Waals surface area contributed by atoms with Gasteiger partial charge >= 0.3 is 0 Å². The van der Waals surface area contributed by atoms with Crippen molar-refractivity contribution in [1.82, 2.24) is 19.6 Å². The lowest BCUT2D eigenvalue weighted by molar-refractivity contribution is 0.0984. The SMILES string of the molecule is COc1ccc(C(=O)N(Cc2nc3nc(C)cc(=O)n3[nH]2)c2ccc(C)cc2)cc1. The van der Waals surface area contributed by atoms with Crippen molar-refractivity contribution < 1.29 is 9.53 Å². The Balaban J connectivity index is 1.73. The molecule has 0 aliphatic rings. The summed E-state index contributed by atoms with van der Waals surface area (Å²) in [6, 6.07) is 16.0.